The quantitative estimate of drug-likeness (QED) is 0.107. The maximum atomic E-state index is 14.0. The molecular formula is C36H42N4O4Si. The van der Waals surface area contributed by atoms with Crippen molar-refractivity contribution in [1.29, 1.82) is 0 Å². The van der Waals surface area contributed by atoms with Crippen LogP contribution in [0.1, 0.15) is 33.2 Å². The number of carbonyl (C=O) groups is 1. The van der Waals surface area contributed by atoms with Crippen LogP contribution in [0.25, 0.3) is 22.0 Å². The van der Waals surface area contributed by atoms with Crippen molar-refractivity contribution in [3.05, 3.63) is 120 Å². The monoisotopic (exact) mass is 622 g/mol. The Morgan fingerprint density at radius 3 is 2.24 bits per heavy atom. The van der Waals surface area contributed by atoms with Crippen LogP contribution in [0.5, 0.6) is 0 Å². The lowest BCUT2D eigenvalue weighted by molar-refractivity contribution is 0.0451. The van der Waals surface area contributed by atoms with Crippen molar-refractivity contribution in [1.82, 2.24) is 19.7 Å². The molecule has 234 valence electrons. The Balaban J connectivity index is 1.46. The van der Waals surface area contributed by atoms with Crippen molar-refractivity contribution in [3.63, 3.8) is 0 Å². The van der Waals surface area contributed by atoms with Gasteiger partial charge in [0, 0.05) is 44.4 Å². The van der Waals surface area contributed by atoms with Crippen molar-refractivity contribution >= 4 is 24.9 Å². The number of hydrogen-bond acceptors (Lipinski definition) is 6. The fraction of sp³-hybridized carbons (Fsp3) is 0.306. The van der Waals surface area contributed by atoms with Crippen molar-refractivity contribution < 1.29 is 19.4 Å². The molecule has 5 rings (SSSR count). The number of benzene rings is 3. The number of likely N-dealkylation sites (N-methyl/N-ethyl adjacent to an activating group) is 1. The van der Waals surface area contributed by atoms with E-state index >= 15 is 0 Å². The molecule has 0 aliphatic heterocycles. The highest BCUT2D eigenvalue weighted by atomic mass is 28.3. The van der Waals surface area contributed by atoms with E-state index in [1.165, 1.54) is 0 Å². The van der Waals surface area contributed by atoms with E-state index < -0.39 is 14.1 Å². The second-order valence-corrected chi connectivity index (χ2v) is 18.1. The number of rotatable bonds is 14. The van der Waals surface area contributed by atoms with Gasteiger partial charge in [0.1, 0.15) is 6.73 Å². The zero-order chi connectivity index (χ0) is 31.8. The fourth-order valence-corrected chi connectivity index (χ4v) is 5.99. The molecule has 0 spiro atoms. The average Bonchev–Trinajstić information content (AvgIpc) is 3.49. The summed E-state index contributed by atoms with van der Waals surface area (Å²) >= 11 is 0. The van der Waals surface area contributed by atoms with E-state index in [4.69, 9.17) is 9.47 Å². The number of aliphatic hydroxyl groups is 1. The van der Waals surface area contributed by atoms with Crippen LogP contribution >= 0.6 is 0 Å². The van der Waals surface area contributed by atoms with Crippen LogP contribution in [0.3, 0.4) is 0 Å². The number of ether oxygens (including phenoxy) is 2. The van der Waals surface area contributed by atoms with Gasteiger partial charge < -0.3 is 19.5 Å². The van der Waals surface area contributed by atoms with E-state index in [9.17, 15) is 9.90 Å². The Kier molecular flexibility index (Phi) is 10.6. The van der Waals surface area contributed by atoms with E-state index in [0.717, 1.165) is 39.2 Å². The summed E-state index contributed by atoms with van der Waals surface area (Å²) in [5.41, 5.74) is 5.83. The molecule has 0 fully saturated rings. The number of aliphatic hydroxyl groups excluding tert-OH is 1. The van der Waals surface area contributed by atoms with Gasteiger partial charge in [-0.05, 0) is 34.9 Å². The molecule has 0 bridgehead atoms. The van der Waals surface area contributed by atoms with Gasteiger partial charge in [0.2, 0.25) is 0 Å². The molecular weight excluding hydrogens is 581 g/mol. The van der Waals surface area contributed by atoms with Gasteiger partial charge in [-0.25, -0.2) is 4.68 Å². The van der Waals surface area contributed by atoms with E-state index in [2.05, 4.69) is 41.9 Å². The molecule has 2 aromatic heterocycles. The minimum absolute atomic E-state index is 0.139. The van der Waals surface area contributed by atoms with Crippen LogP contribution in [0.4, 0.5) is 0 Å². The number of nitrogens with zero attached hydrogens (tertiary/aromatic N) is 4. The van der Waals surface area contributed by atoms with E-state index in [1.54, 1.807) is 29.0 Å². The lowest BCUT2D eigenvalue weighted by Crippen LogP contribution is -2.34. The van der Waals surface area contributed by atoms with Gasteiger partial charge in [-0.15, -0.1) is 0 Å². The largest absolute Gasteiger partial charge is 0.390 e. The normalized spacial score (nSPS) is 12.4. The predicted molar refractivity (Wildman–Crippen MR) is 180 cm³/mol. The lowest BCUT2D eigenvalue weighted by atomic mass is 10.0. The maximum absolute atomic E-state index is 14.0. The minimum atomic E-state index is -1.26. The van der Waals surface area contributed by atoms with Crippen LogP contribution in [0.2, 0.25) is 25.7 Å². The molecule has 0 saturated carbocycles. The highest BCUT2D eigenvalue weighted by Gasteiger charge is 2.28. The fourth-order valence-electron chi connectivity index (χ4n) is 5.23. The van der Waals surface area contributed by atoms with Gasteiger partial charge in [0.25, 0.3) is 5.91 Å². The smallest absolute Gasteiger partial charge is 0.254 e. The molecule has 5 aromatic rings. The zero-order valence-corrected chi connectivity index (χ0v) is 27.5. The van der Waals surface area contributed by atoms with Gasteiger partial charge in [-0.2, -0.15) is 5.10 Å². The number of fused-ring (bicyclic) bond motifs is 1. The summed E-state index contributed by atoms with van der Waals surface area (Å²) in [7, 11) is 0.532. The molecule has 0 saturated heterocycles. The van der Waals surface area contributed by atoms with Gasteiger partial charge in [0.05, 0.1) is 43.3 Å². The third kappa shape index (κ3) is 8.12. The second-order valence-electron chi connectivity index (χ2n) is 12.4. The predicted octanol–water partition coefficient (Wildman–Crippen LogP) is 6.93. The van der Waals surface area contributed by atoms with Crippen LogP contribution < -0.4 is 0 Å². The topological polar surface area (TPSA) is 89.7 Å². The Morgan fingerprint density at radius 2 is 1.58 bits per heavy atom. The summed E-state index contributed by atoms with van der Waals surface area (Å²) in [6.45, 7) is 8.26. The number of pyridine rings is 1. The summed E-state index contributed by atoms with van der Waals surface area (Å²) in [4.78, 5) is 20.3. The second kappa shape index (κ2) is 14.8. The number of amides is 1. The summed E-state index contributed by atoms with van der Waals surface area (Å²) in [6.07, 6.45) is 3.44. The molecule has 2 heterocycles. The zero-order valence-electron chi connectivity index (χ0n) is 26.5. The van der Waals surface area contributed by atoms with Gasteiger partial charge in [0.15, 0.2) is 0 Å². The standard InChI is InChI=1S/C36H42N4O4Si/c1-39(36(42)30-17-15-29(16-18-30)28-13-9-6-10-14-28)34(25-44-24-27-11-7-5-8-12-27)32-21-37-33(23-41)31-22-38-40(35(31)32)26-43-19-20-45(2,3)4/h5-18,21-22,34,41H,19-20,23-26H2,1-4H3/t34-/m1/s1. The molecule has 0 aliphatic carbocycles. The average molecular weight is 623 g/mol. The Morgan fingerprint density at radius 1 is 0.911 bits per heavy atom. The molecule has 8 nitrogen and oxygen atoms in total. The first-order chi connectivity index (χ1) is 21.7. The molecule has 1 atom stereocenters. The third-order valence-electron chi connectivity index (χ3n) is 7.92. The summed E-state index contributed by atoms with van der Waals surface area (Å²) in [5.74, 6) is -0.139. The van der Waals surface area contributed by atoms with Gasteiger partial charge in [-0.1, -0.05) is 92.4 Å². The highest BCUT2D eigenvalue weighted by Crippen LogP contribution is 2.31. The number of aromatic nitrogens is 3. The van der Waals surface area contributed by atoms with Gasteiger partial charge in [-0.3, -0.25) is 9.78 Å². The molecule has 0 radical (unpaired) electrons. The van der Waals surface area contributed by atoms with Crippen molar-refractivity contribution in [3.8, 4) is 11.1 Å². The molecule has 0 aliphatic rings. The van der Waals surface area contributed by atoms with Crippen molar-refractivity contribution in [2.75, 3.05) is 20.3 Å². The lowest BCUT2D eigenvalue weighted by Gasteiger charge is -2.29. The van der Waals surface area contributed by atoms with E-state index in [1.807, 2.05) is 72.8 Å². The highest BCUT2D eigenvalue weighted by molar-refractivity contribution is 6.76. The minimum Gasteiger partial charge on any atom is -0.390 e. The molecule has 1 amide bonds. The first-order valence-electron chi connectivity index (χ1n) is 15.3. The Hall–Kier alpha value is -4.15. The SMILES string of the molecule is CN(C(=O)c1ccc(-c2ccccc2)cc1)[C@H](COCc1ccccc1)c1cnc(CO)c2cnn(COCC[Si](C)(C)C)c12. The number of carbonyl (C=O) groups excluding carboxylic acids is 1. The van der Waals surface area contributed by atoms with E-state index in [-0.39, 0.29) is 25.9 Å². The number of hydrogen-bond donors (Lipinski definition) is 1. The Bertz CT molecular complexity index is 1690. The first-order valence-corrected chi connectivity index (χ1v) is 19.0. The van der Waals surface area contributed by atoms with E-state index in [0.29, 0.717) is 24.5 Å². The molecule has 0 unspecified atom stereocenters. The van der Waals surface area contributed by atoms with Crippen molar-refractivity contribution in [2.24, 2.45) is 0 Å². The van der Waals surface area contributed by atoms with Crippen LogP contribution in [-0.4, -0.2) is 59.0 Å². The summed E-state index contributed by atoms with van der Waals surface area (Å²) in [6, 6.07) is 28.3. The van der Waals surface area contributed by atoms with Gasteiger partial charge >= 0.3 is 0 Å². The first kappa shape index (κ1) is 32.2. The van der Waals surface area contributed by atoms with Crippen molar-refractivity contribution in [2.45, 2.75) is 51.7 Å². The van der Waals surface area contributed by atoms with Crippen LogP contribution in [-0.2, 0) is 29.4 Å². The molecule has 45 heavy (non-hydrogen) atoms. The summed E-state index contributed by atoms with van der Waals surface area (Å²) < 4.78 is 14.1. The molecule has 3 aromatic carbocycles. The molecule has 1 N–H and O–H groups in total. The van der Waals surface area contributed by atoms with Crippen LogP contribution in [0.15, 0.2) is 97.3 Å². The summed E-state index contributed by atoms with van der Waals surface area (Å²) in [5, 5.41) is 15.4. The van der Waals surface area contributed by atoms with Crippen LogP contribution in [0, 0.1) is 0 Å². The maximum Gasteiger partial charge on any atom is 0.254 e. The Labute approximate surface area is 266 Å². The molecule has 9 heteroatoms. The third-order valence-corrected chi connectivity index (χ3v) is 9.62.